The Kier molecular flexibility index (Phi) is 8.14. The van der Waals surface area contributed by atoms with Crippen molar-refractivity contribution in [3.05, 3.63) is 23.8 Å². The summed E-state index contributed by atoms with van der Waals surface area (Å²) in [7, 11) is 0. The number of carbonyl (C=O) groups excluding carboxylic acids is 1. The van der Waals surface area contributed by atoms with Crippen LogP contribution in [0.25, 0.3) is 0 Å². The maximum Gasteiger partial charge on any atom is 0.241 e. The molecule has 19 heavy (non-hydrogen) atoms. The molecule has 0 aliphatic heterocycles. The highest BCUT2D eigenvalue weighted by Crippen LogP contribution is 2.28. The highest BCUT2D eigenvalue weighted by molar-refractivity contribution is 7.99. The number of thioether (sulfide) groups is 1. The van der Waals surface area contributed by atoms with Crippen molar-refractivity contribution in [2.45, 2.75) is 50.3 Å². The maximum atomic E-state index is 11.5. The molecule has 0 heterocycles. The third-order valence-electron chi connectivity index (χ3n) is 2.78. The SMILES string of the molecule is CCC(C)Sc1ccc(NC(=O)[C@@H](C)N)c(C)c1.Cl. The highest BCUT2D eigenvalue weighted by Gasteiger charge is 2.10. The zero-order chi connectivity index (χ0) is 13.7. The Morgan fingerprint density at radius 3 is 2.53 bits per heavy atom. The predicted octanol–water partition coefficient (Wildman–Crippen LogP) is 3.59. The van der Waals surface area contributed by atoms with Crippen molar-refractivity contribution in [3.63, 3.8) is 0 Å². The number of benzene rings is 1. The van der Waals surface area contributed by atoms with Crippen LogP contribution in [0.4, 0.5) is 5.69 Å². The zero-order valence-corrected chi connectivity index (χ0v) is 13.5. The van der Waals surface area contributed by atoms with Gasteiger partial charge in [-0.05, 0) is 44.0 Å². The molecule has 0 aromatic heterocycles. The number of hydrogen-bond acceptors (Lipinski definition) is 3. The van der Waals surface area contributed by atoms with E-state index in [1.165, 1.54) is 4.90 Å². The zero-order valence-electron chi connectivity index (χ0n) is 11.9. The van der Waals surface area contributed by atoms with Gasteiger partial charge in [-0.25, -0.2) is 0 Å². The van der Waals surface area contributed by atoms with Gasteiger partial charge in [0, 0.05) is 15.8 Å². The minimum absolute atomic E-state index is 0. The minimum Gasteiger partial charge on any atom is -0.325 e. The number of rotatable bonds is 5. The smallest absolute Gasteiger partial charge is 0.241 e. The highest BCUT2D eigenvalue weighted by atomic mass is 35.5. The second-order valence-corrected chi connectivity index (χ2v) is 6.10. The maximum absolute atomic E-state index is 11.5. The van der Waals surface area contributed by atoms with E-state index in [1.807, 2.05) is 30.8 Å². The van der Waals surface area contributed by atoms with E-state index >= 15 is 0 Å². The monoisotopic (exact) mass is 302 g/mol. The van der Waals surface area contributed by atoms with Gasteiger partial charge in [0.05, 0.1) is 6.04 Å². The Labute approximate surface area is 126 Å². The standard InChI is InChI=1S/C14H22N2OS.ClH/c1-5-10(3)18-12-6-7-13(9(2)8-12)16-14(17)11(4)15;/h6-8,10-11H,5,15H2,1-4H3,(H,16,17);1H/t10?,11-;/m1./s1. The first kappa shape index (κ1) is 18.3. The summed E-state index contributed by atoms with van der Waals surface area (Å²) >= 11 is 1.85. The third-order valence-corrected chi connectivity index (χ3v) is 4.04. The summed E-state index contributed by atoms with van der Waals surface area (Å²) in [5.41, 5.74) is 7.44. The molecule has 1 unspecified atom stereocenters. The molecule has 0 saturated heterocycles. The largest absolute Gasteiger partial charge is 0.325 e. The van der Waals surface area contributed by atoms with Crippen molar-refractivity contribution in [3.8, 4) is 0 Å². The normalized spacial score (nSPS) is 13.3. The first-order valence-corrected chi connectivity index (χ1v) is 7.15. The number of aryl methyl sites for hydroxylation is 1. The molecule has 0 fully saturated rings. The Balaban J connectivity index is 0.00000324. The molecule has 0 saturated carbocycles. The molecule has 0 aliphatic carbocycles. The fourth-order valence-electron chi connectivity index (χ4n) is 1.41. The molecule has 0 aliphatic rings. The molecule has 0 radical (unpaired) electrons. The van der Waals surface area contributed by atoms with E-state index in [4.69, 9.17) is 5.73 Å². The van der Waals surface area contributed by atoms with Crippen LogP contribution in [0.15, 0.2) is 23.1 Å². The van der Waals surface area contributed by atoms with E-state index in [0.717, 1.165) is 17.7 Å². The van der Waals surface area contributed by atoms with Crippen molar-refractivity contribution >= 4 is 35.8 Å². The van der Waals surface area contributed by atoms with Gasteiger partial charge in [-0.2, -0.15) is 0 Å². The third kappa shape index (κ3) is 5.85. The first-order valence-electron chi connectivity index (χ1n) is 6.27. The van der Waals surface area contributed by atoms with E-state index in [9.17, 15) is 4.79 Å². The van der Waals surface area contributed by atoms with Crippen molar-refractivity contribution in [1.29, 1.82) is 0 Å². The number of nitrogens with one attached hydrogen (secondary N) is 1. The molecule has 0 bridgehead atoms. The molecule has 3 N–H and O–H groups in total. The fraction of sp³-hybridized carbons (Fsp3) is 0.500. The van der Waals surface area contributed by atoms with Crippen LogP contribution in [-0.2, 0) is 4.79 Å². The number of hydrogen-bond donors (Lipinski definition) is 2. The molecule has 1 aromatic carbocycles. The summed E-state index contributed by atoms with van der Waals surface area (Å²) in [6, 6.07) is 5.60. The molecule has 1 rings (SSSR count). The van der Waals surface area contributed by atoms with Gasteiger partial charge < -0.3 is 11.1 Å². The van der Waals surface area contributed by atoms with Crippen LogP contribution in [0, 0.1) is 6.92 Å². The van der Waals surface area contributed by atoms with Crippen molar-refractivity contribution < 1.29 is 4.79 Å². The van der Waals surface area contributed by atoms with Gasteiger partial charge in [0.15, 0.2) is 0 Å². The molecule has 0 spiro atoms. The second-order valence-electron chi connectivity index (χ2n) is 4.59. The summed E-state index contributed by atoms with van der Waals surface area (Å²) in [5.74, 6) is -0.152. The second kappa shape index (κ2) is 8.46. The van der Waals surface area contributed by atoms with Gasteiger partial charge in [-0.1, -0.05) is 13.8 Å². The summed E-state index contributed by atoms with van der Waals surface area (Å²) < 4.78 is 0. The lowest BCUT2D eigenvalue weighted by Gasteiger charge is -2.13. The lowest BCUT2D eigenvalue weighted by Crippen LogP contribution is -2.32. The summed E-state index contributed by atoms with van der Waals surface area (Å²) in [4.78, 5) is 12.8. The molecule has 1 amide bonds. The van der Waals surface area contributed by atoms with Crippen LogP contribution < -0.4 is 11.1 Å². The van der Waals surface area contributed by atoms with Crippen molar-refractivity contribution in [1.82, 2.24) is 0 Å². The number of nitrogens with two attached hydrogens (primary N) is 1. The number of halogens is 1. The van der Waals surface area contributed by atoms with E-state index in [2.05, 4.69) is 25.2 Å². The number of amides is 1. The Morgan fingerprint density at radius 2 is 2.05 bits per heavy atom. The van der Waals surface area contributed by atoms with Gasteiger partial charge in [0.25, 0.3) is 0 Å². The molecule has 108 valence electrons. The quantitative estimate of drug-likeness (QED) is 0.817. The molecule has 1 aromatic rings. The van der Waals surface area contributed by atoms with Gasteiger partial charge in [0.2, 0.25) is 5.91 Å². The van der Waals surface area contributed by atoms with Gasteiger partial charge in [-0.15, -0.1) is 24.2 Å². The van der Waals surface area contributed by atoms with Crippen molar-refractivity contribution in [2.24, 2.45) is 5.73 Å². The van der Waals surface area contributed by atoms with E-state index < -0.39 is 6.04 Å². The topological polar surface area (TPSA) is 55.1 Å². The molecule has 5 heteroatoms. The van der Waals surface area contributed by atoms with Gasteiger partial charge in [-0.3, -0.25) is 4.79 Å². The van der Waals surface area contributed by atoms with E-state index in [1.54, 1.807) is 6.92 Å². The van der Waals surface area contributed by atoms with Crippen LogP contribution in [0.5, 0.6) is 0 Å². The average Bonchev–Trinajstić information content (AvgIpc) is 2.32. The Hall–Kier alpha value is -0.710. The lowest BCUT2D eigenvalue weighted by atomic mass is 10.2. The Morgan fingerprint density at radius 1 is 1.42 bits per heavy atom. The summed E-state index contributed by atoms with van der Waals surface area (Å²) in [6.07, 6.45) is 1.15. The van der Waals surface area contributed by atoms with Gasteiger partial charge >= 0.3 is 0 Å². The molecule has 3 nitrogen and oxygen atoms in total. The summed E-state index contributed by atoms with van der Waals surface area (Å²) in [6.45, 7) is 8.07. The minimum atomic E-state index is -0.487. The van der Waals surface area contributed by atoms with E-state index in [-0.39, 0.29) is 18.3 Å². The predicted molar refractivity (Wildman–Crippen MR) is 86.3 cm³/mol. The van der Waals surface area contributed by atoms with Crippen LogP contribution in [0.3, 0.4) is 0 Å². The van der Waals surface area contributed by atoms with Crippen LogP contribution in [0.2, 0.25) is 0 Å². The Bertz CT molecular complexity index is 424. The van der Waals surface area contributed by atoms with Crippen LogP contribution in [0.1, 0.15) is 32.8 Å². The summed E-state index contributed by atoms with van der Waals surface area (Å²) in [5, 5.41) is 3.44. The number of anilines is 1. The first-order chi connectivity index (χ1) is 8.43. The molecule has 2 atom stereocenters. The van der Waals surface area contributed by atoms with E-state index in [0.29, 0.717) is 5.25 Å². The average molecular weight is 303 g/mol. The van der Waals surface area contributed by atoms with Crippen molar-refractivity contribution in [2.75, 3.05) is 5.32 Å². The lowest BCUT2D eigenvalue weighted by molar-refractivity contribution is -0.117. The molecular weight excluding hydrogens is 280 g/mol. The van der Waals surface area contributed by atoms with Crippen LogP contribution >= 0.6 is 24.2 Å². The van der Waals surface area contributed by atoms with Crippen LogP contribution in [-0.4, -0.2) is 17.2 Å². The number of carbonyl (C=O) groups is 1. The fourth-order valence-corrected chi connectivity index (χ4v) is 2.43. The van der Waals surface area contributed by atoms with Gasteiger partial charge in [0.1, 0.15) is 0 Å². The molecular formula is C14H23ClN2OS.